The highest BCUT2D eigenvalue weighted by atomic mass is 32.2. The number of imidazole rings is 1. The molecule has 0 aliphatic rings. The Bertz CT molecular complexity index is 1490. The van der Waals surface area contributed by atoms with Crippen molar-refractivity contribution >= 4 is 40.3 Å². The number of nitrogens with zero attached hydrogens (tertiary/aromatic N) is 5. The molecular weight excluding hydrogens is 473 g/mol. The number of halogens is 1. The van der Waals surface area contributed by atoms with Crippen molar-refractivity contribution in [3.63, 3.8) is 0 Å². The van der Waals surface area contributed by atoms with Crippen LogP contribution in [0.4, 0.5) is 10.1 Å². The molecule has 35 heavy (non-hydrogen) atoms. The molecule has 0 radical (unpaired) electrons. The van der Waals surface area contributed by atoms with Crippen molar-refractivity contribution < 1.29 is 14.0 Å². The number of carbonyl (C=O) groups excluding carboxylic acids is 2. The van der Waals surface area contributed by atoms with Gasteiger partial charge < -0.3 is 15.2 Å². The van der Waals surface area contributed by atoms with Crippen LogP contribution in [0.25, 0.3) is 11.0 Å². The molecule has 0 aliphatic carbocycles. The number of aryl methyl sites for hydroxylation is 2. The minimum absolute atomic E-state index is 0.0541. The Hall–Kier alpha value is -3.93. The number of carbonyl (C=O) groups is 2. The van der Waals surface area contributed by atoms with Gasteiger partial charge in [0, 0.05) is 26.8 Å². The van der Waals surface area contributed by atoms with Gasteiger partial charge in [0.15, 0.2) is 11.0 Å². The Morgan fingerprint density at radius 2 is 1.74 bits per heavy atom. The zero-order valence-electron chi connectivity index (χ0n) is 19.6. The van der Waals surface area contributed by atoms with Gasteiger partial charge in [0.1, 0.15) is 5.82 Å². The zero-order chi connectivity index (χ0) is 25.3. The third-order valence-electron chi connectivity index (χ3n) is 5.61. The number of amides is 2. The molecule has 2 aromatic carbocycles. The molecule has 1 atom stereocenters. The topological polar surface area (TPSA) is 116 Å². The van der Waals surface area contributed by atoms with Crippen molar-refractivity contribution in [2.45, 2.75) is 18.1 Å². The number of hydrogen-bond donors (Lipinski definition) is 2. The van der Waals surface area contributed by atoms with Crippen molar-refractivity contribution in [1.82, 2.24) is 29.2 Å². The molecule has 4 aromatic rings. The Labute approximate surface area is 204 Å². The fourth-order valence-corrected chi connectivity index (χ4v) is 4.44. The molecule has 0 aliphatic heterocycles. The minimum Gasteiger partial charge on any atom is -0.342 e. The van der Waals surface area contributed by atoms with Crippen LogP contribution in [0.1, 0.15) is 29.1 Å². The lowest BCUT2D eigenvalue weighted by molar-refractivity contribution is -0.113. The monoisotopic (exact) mass is 497 g/mol. The van der Waals surface area contributed by atoms with Gasteiger partial charge in [0.05, 0.1) is 28.4 Å². The van der Waals surface area contributed by atoms with E-state index < -0.39 is 17.8 Å². The van der Waals surface area contributed by atoms with Crippen molar-refractivity contribution in [1.29, 1.82) is 0 Å². The van der Waals surface area contributed by atoms with Crippen LogP contribution in [-0.2, 0) is 25.9 Å². The summed E-state index contributed by atoms with van der Waals surface area (Å²) in [6.07, 6.45) is 0. The van der Waals surface area contributed by atoms with Gasteiger partial charge in [0.2, 0.25) is 5.91 Å². The van der Waals surface area contributed by atoms with Crippen LogP contribution in [-0.4, -0.2) is 41.5 Å². The lowest BCUT2D eigenvalue weighted by Gasteiger charge is -2.14. The highest BCUT2D eigenvalue weighted by Crippen LogP contribution is 2.21. The molecule has 2 aromatic heterocycles. The number of hydrogen-bond acceptors (Lipinski definition) is 6. The maximum Gasteiger partial charge on any atom is 0.328 e. The molecule has 2 heterocycles. The fourth-order valence-electron chi connectivity index (χ4n) is 3.72. The Balaban J connectivity index is 1.38. The van der Waals surface area contributed by atoms with Crippen LogP contribution in [0, 0.1) is 5.82 Å². The summed E-state index contributed by atoms with van der Waals surface area (Å²) < 4.78 is 18.6. The Morgan fingerprint density at radius 1 is 1.03 bits per heavy atom. The number of fused-ring (bicyclic) bond motifs is 1. The van der Waals surface area contributed by atoms with E-state index in [1.807, 2.05) is 0 Å². The van der Waals surface area contributed by atoms with E-state index in [0.29, 0.717) is 22.2 Å². The minimum atomic E-state index is -0.606. The van der Waals surface area contributed by atoms with Crippen molar-refractivity contribution in [3.05, 3.63) is 70.2 Å². The predicted octanol–water partition coefficient (Wildman–Crippen LogP) is 2.37. The van der Waals surface area contributed by atoms with E-state index in [-0.39, 0.29) is 22.9 Å². The van der Waals surface area contributed by atoms with E-state index in [4.69, 9.17) is 0 Å². The maximum atomic E-state index is 13.9. The van der Waals surface area contributed by atoms with Crippen LogP contribution in [0.15, 0.2) is 52.4 Å². The van der Waals surface area contributed by atoms with Crippen LogP contribution in [0.2, 0.25) is 0 Å². The molecule has 182 valence electrons. The van der Waals surface area contributed by atoms with Crippen LogP contribution in [0.3, 0.4) is 0 Å². The highest BCUT2D eigenvalue weighted by Gasteiger charge is 2.20. The third kappa shape index (κ3) is 4.83. The molecule has 2 N–H and O–H groups in total. The molecule has 0 spiro atoms. The van der Waals surface area contributed by atoms with E-state index in [1.165, 1.54) is 34.5 Å². The first-order chi connectivity index (χ1) is 16.7. The van der Waals surface area contributed by atoms with E-state index in [1.54, 1.807) is 61.5 Å². The number of thioether (sulfide) groups is 1. The first kappa shape index (κ1) is 24.2. The second kappa shape index (κ2) is 9.74. The lowest BCUT2D eigenvalue weighted by Crippen LogP contribution is -2.29. The first-order valence-corrected chi connectivity index (χ1v) is 11.7. The summed E-state index contributed by atoms with van der Waals surface area (Å²) in [5.41, 5.74) is 1.87. The molecule has 10 nitrogen and oxygen atoms in total. The van der Waals surface area contributed by atoms with Gasteiger partial charge in [-0.2, -0.15) is 0 Å². The summed E-state index contributed by atoms with van der Waals surface area (Å²) in [5, 5.41) is 14.3. The third-order valence-corrected chi connectivity index (χ3v) is 6.63. The molecule has 0 fully saturated rings. The van der Waals surface area contributed by atoms with Gasteiger partial charge in [-0.15, -0.1) is 10.2 Å². The Kier molecular flexibility index (Phi) is 6.74. The number of nitrogens with one attached hydrogen (secondary N) is 2. The average molecular weight is 498 g/mol. The summed E-state index contributed by atoms with van der Waals surface area (Å²) in [6, 6.07) is 10.5. The molecule has 2 amide bonds. The maximum absolute atomic E-state index is 13.9. The van der Waals surface area contributed by atoms with Crippen molar-refractivity contribution in [3.8, 4) is 0 Å². The van der Waals surface area contributed by atoms with Gasteiger partial charge in [0.25, 0.3) is 5.91 Å². The van der Waals surface area contributed by atoms with Gasteiger partial charge in [-0.3, -0.25) is 18.7 Å². The summed E-state index contributed by atoms with van der Waals surface area (Å²) >= 11 is 1.19. The molecule has 0 saturated carbocycles. The lowest BCUT2D eigenvalue weighted by atomic mass is 10.2. The summed E-state index contributed by atoms with van der Waals surface area (Å²) in [5.74, 6) is -0.867. The van der Waals surface area contributed by atoms with Crippen LogP contribution < -0.4 is 16.3 Å². The molecule has 4 rings (SSSR count). The second-order valence-electron chi connectivity index (χ2n) is 8.02. The van der Waals surface area contributed by atoms with Crippen molar-refractivity contribution in [2.75, 3.05) is 11.1 Å². The van der Waals surface area contributed by atoms with Gasteiger partial charge in [-0.05, 0) is 37.3 Å². The molecule has 0 unspecified atom stereocenters. The number of benzene rings is 2. The molecule has 12 heteroatoms. The van der Waals surface area contributed by atoms with Crippen LogP contribution in [0.5, 0.6) is 0 Å². The van der Waals surface area contributed by atoms with E-state index in [2.05, 4.69) is 20.8 Å². The average Bonchev–Trinajstić information content (AvgIpc) is 3.30. The van der Waals surface area contributed by atoms with Crippen molar-refractivity contribution in [2.24, 2.45) is 21.1 Å². The van der Waals surface area contributed by atoms with Crippen LogP contribution >= 0.6 is 11.8 Å². The predicted molar refractivity (Wildman–Crippen MR) is 131 cm³/mol. The van der Waals surface area contributed by atoms with E-state index >= 15 is 0 Å². The van der Waals surface area contributed by atoms with E-state index in [0.717, 1.165) is 5.52 Å². The largest absolute Gasteiger partial charge is 0.342 e. The first-order valence-electron chi connectivity index (χ1n) is 10.7. The second-order valence-corrected chi connectivity index (χ2v) is 8.96. The number of anilines is 1. The zero-order valence-corrected chi connectivity index (χ0v) is 20.4. The fraction of sp³-hybridized carbons (Fsp3) is 0.261. The standard InChI is InChI=1S/C23H24FN7O3S/c1-13(25-21(33)15-7-5-6-8-16(15)24)20-27-28-22(31(20)4)35-12-19(32)26-14-9-10-17-18(11-14)30(3)23(34)29(17)2/h5-11,13H,12H2,1-4H3,(H,25,33)(H,26,32)/t13-/m1/s1. The summed E-state index contributed by atoms with van der Waals surface area (Å²) in [6.45, 7) is 1.72. The van der Waals surface area contributed by atoms with Gasteiger partial charge >= 0.3 is 5.69 Å². The summed E-state index contributed by atoms with van der Waals surface area (Å²) in [4.78, 5) is 37.0. The molecule has 0 bridgehead atoms. The highest BCUT2D eigenvalue weighted by molar-refractivity contribution is 7.99. The smallest absolute Gasteiger partial charge is 0.328 e. The van der Waals surface area contributed by atoms with Gasteiger partial charge in [-0.25, -0.2) is 9.18 Å². The SMILES string of the molecule is C[C@@H](NC(=O)c1ccccc1F)c1nnc(SCC(=O)Nc2ccc3c(c2)n(C)c(=O)n3C)n1C. The molecule has 0 saturated heterocycles. The molecular formula is C23H24FN7O3S. The Morgan fingerprint density at radius 3 is 2.49 bits per heavy atom. The van der Waals surface area contributed by atoms with E-state index in [9.17, 15) is 18.8 Å². The van der Waals surface area contributed by atoms with Gasteiger partial charge in [-0.1, -0.05) is 23.9 Å². The normalized spacial score (nSPS) is 12.0. The summed E-state index contributed by atoms with van der Waals surface area (Å²) in [7, 11) is 5.10. The number of aromatic nitrogens is 5. The quantitative estimate of drug-likeness (QED) is 0.379. The number of rotatable bonds is 7.